The van der Waals surface area contributed by atoms with E-state index in [4.69, 9.17) is 4.74 Å². The SMILES string of the molecule is c1ccc(OCCc2nc3ncncc3[nH]2)cc1. The maximum Gasteiger partial charge on any atom is 0.180 e. The van der Waals surface area contributed by atoms with Crippen molar-refractivity contribution in [2.24, 2.45) is 0 Å². The van der Waals surface area contributed by atoms with Gasteiger partial charge in [-0.2, -0.15) is 0 Å². The summed E-state index contributed by atoms with van der Waals surface area (Å²) in [4.78, 5) is 15.5. The lowest BCUT2D eigenvalue weighted by Gasteiger charge is -2.03. The summed E-state index contributed by atoms with van der Waals surface area (Å²) in [6, 6.07) is 9.73. The summed E-state index contributed by atoms with van der Waals surface area (Å²) in [6.07, 6.45) is 3.93. The zero-order chi connectivity index (χ0) is 12.2. The standard InChI is InChI=1S/C13H12N4O/c1-2-4-10(5-3-1)18-7-6-12-16-11-8-14-9-15-13(11)17-12/h1-5,8-9H,6-7H2,(H,14,15,16,17). The molecule has 3 rings (SSSR count). The van der Waals surface area contributed by atoms with Crippen LogP contribution >= 0.6 is 0 Å². The van der Waals surface area contributed by atoms with Crippen LogP contribution in [0.15, 0.2) is 42.9 Å². The highest BCUT2D eigenvalue weighted by Crippen LogP contribution is 2.10. The van der Waals surface area contributed by atoms with Crippen LogP contribution in [0, 0.1) is 0 Å². The predicted octanol–water partition coefficient (Wildman–Crippen LogP) is 1.97. The summed E-state index contributed by atoms with van der Waals surface area (Å²) in [7, 11) is 0. The van der Waals surface area contributed by atoms with Crippen LogP contribution < -0.4 is 4.74 Å². The molecule has 0 unspecified atom stereocenters. The Morgan fingerprint density at radius 1 is 1.17 bits per heavy atom. The molecule has 0 aliphatic rings. The predicted molar refractivity (Wildman–Crippen MR) is 67.3 cm³/mol. The molecular formula is C13H12N4O. The topological polar surface area (TPSA) is 63.7 Å². The van der Waals surface area contributed by atoms with Gasteiger partial charge in [-0.25, -0.2) is 15.0 Å². The van der Waals surface area contributed by atoms with E-state index >= 15 is 0 Å². The molecule has 2 heterocycles. The third-order valence-electron chi connectivity index (χ3n) is 2.56. The number of nitrogens with one attached hydrogen (secondary N) is 1. The minimum absolute atomic E-state index is 0.581. The third kappa shape index (κ3) is 2.29. The summed E-state index contributed by atoms with van der Waals surface area (Å²) in [5.74, 6) is 1.73. The summed E-state index contributed by atoms with van der Waals surface area (Å²) < 4.78 is 5.61. The van der Waals surface area contributed by atoms with Crippen LogP contribution in [0.25, 0.3) is 11.2 Å². The number of fused-ring (bicyclic) bond motifs is 1. The number of hydrogen-bond donors (Lipinski definition) is 1. The molecule has 0 spiro atoms. The van der Waals surface area contributed by atoms with E-state index in [2.05, 4.69) is 19.9 Å². The Kier molecular flexibility index (Phi) is 2.87. The van der Waals surface area contributed by atoms with E-state index in [0.717, 1.165) is 17.1 Å². The number of H-pyrrole nitrogens is 1. The van der Waals surface area contributed by atoms with Gasteiger partial charge in [-0.15, -0.1) is 0 Å². The smallest absolute Gasteiger partial charge is 0.180 e. The highest BCUT2D eigenvalue weighted by Gasteiger charge is 2.03. The lowest BCUT2D eigenvalue weighted by atomic mass is 10.3. The molecule has 0 amide bonds. The molecule has 90 valence electrons. The van der Waals surface area contributed by atoms with Gasteiger partial charge >= 0.3 is 0 Å². The number of aromatic nitrogens is 4. The molecule has 5 nitrogen and oxygen atoms in total. The van der Waals surface area contributed by atoms with Crippen molar-refractivity contribution < 1.29 is 4.74 Å². The summed E-state index contributed by atoms with van der Waals surface area (Å²) >= 11 is 0. The van der Waals surface area contributed by atoms with E-state index in [0.29, 0.717) is 18.7 Å². The van der Waals surface area contributed by atoms with Crippen LogP contribution in [0.5, 0.6) is 5.75 Å². The number of aromatic amines is 1. The molecule has 1 N–H and O–H groups in total. The lowest BCUT2D eigenvalue weighted by molar-refractivity contribution is 0.319. The summed E-state index contributed by atoms with van der Waals surface area (Å²) in [6.45, 7) is 0.581. The van der Waals surface area contributed by atoms with Crippen LogP contribution in [0.1, 0.15) is 5.82 Å². The van der Waals surface area contributed by atoms with E-state index in [1.165, 1.54) is 6.33 Å². The molecule has 0 saturated carbocycles. The summed E-state index contributed by atoms with van der Waals surface area (Å²) in [5.41, 5.74) is 1.55. The van der Waals surface area contributed by atoms with Crippen molar-refractivity contribution >= 4 is 11.2 Å². The Labute approximate surface area is 104 Å². The Bertz CT molecular complexity index is 603. The molecule has 0 radical (unpaired) electrons. The molecule has 0 saturated heterocycles. The van der Waals surface area contributed by atoms with Gasteiger partial charge in [-0.1, -0.05) is 18.2 Å². The maximum absolute atomic E-state index is 5.61. The van der Waals surface area contributed by atoms with Gasteiger partial charge in [0.25, 0.3) is 0 Å². The molecule has 3 aromatic rings. The zero-order valence-electron chi connectivity index (χ0n) is 9.71. The van der Waals surface area contributed by atoms with Crippen LogP contribution in [-0.2, 0) is 6.42 Å². The number of imidazole rings is 1. The second-order valence-corrected chi connectivity index (χ2v) is 3.86. The van der Waals surface area contributed by atoms with Crippen molar-refractivity contribution in [3.63, 3.8) is 0 Å². The van der Waals surface area contributed by atoms with E-state index in [9.17, 15) is 0 Å². The van der Waals surface area contributed by atoms with Crippen LogP contribution in [0.2, 0.25) is 0 Å². The normalized spacial score (nSPS) is 10.7. The molecule has 0 atom stereocenters. The van der Waals surface area contributed by atoms with E-state index in [1.807, 2.05) is 30.3 Å². The van der Waals surface area contributed by atoms with Crippen molar-refractivity contribution in [3.05, 3.63) is 48.7 Å². The third-order valence-corrected chi connectivity index (χ3v) is 2.56. The van der Waals surface area contributed by atoms with Gasteiger partial charge in [-0.05, 0) is 12.1 Å². The molecule has 2 aromatic heterocycles. The van der Waals surface area contributed by atoms with Crippen molar-refractivity contribution in [2.75, 3.05) is 6.61 Å². The molecule has 0 bridgehead atoms. The van der Waals surface area contributed by atoms with Gasteiger partial charge in [0, 0.05) is 6.42 Å². The van der Waals surface area contributed by atoms with E-state index in [-0.39, 0.29) is 0 Å². The van der Waals surface area contributed by atoms with Gasteiger partial charge in [-0.3, -0.25) is 0 Å². The average Bonchev–Trinajstić information content (AvgIpc) is 2.82. The molecule has 18 heavy (non-hydrogen) atoms. The first kappa shape index (κ1) is 10.7. The van der Waals surface area contributed by atoms with Crippen molar-refractivity contribution in [3.8, 4) is 5.75 Å². The number of hydrogen-bond acceptors (Lipinski definition) is 4. The second kappa shape index (κ2) is 4.83. The molecule has 5 heteroatoms. The fourth-order valence-electron chi connectivity index (χ4n) is 1.71. The molecule has 1 aromatic carbocycles. The molecule has 0 fully saturated rings. The number of rotatable bonds is 4. The number of para-hydroxylation sites is 1. The maximum atomic E-state index is 5.61. The first-order valence-electron chi connectivity index (χ1n) is 5.74. The zero-order valence-corrected chi connectivity index (χ0v) is 9.71. The first-order chi connectivity index (χ1) is 8.92. The van der Waals surface area contributed by atoms with Crippen LogP contribution in [0.4, 0.5) is 0 Å². The van der Waals surface area contributed by atoms with E-state index in [1.54, 1.807) is 6.20 Å². The first-order valence-corrected chi connectivity index (χ1v) is 5.74. The van der Waals surface area contributed by atoms with Gasteiger partial charge in [0.05, 0.1) is 12.8 Å². The fraction of sp³-hybridized carbons (Fsp3) is 0.154. The van der Waals surface area contributed by atoms with Crippen LogP contribution in [-0.4, -0.2) is 26.5 Å². The van der Waals surface area contributed by atoms with Gasteiger partial charge in [0.1, 0.15) is 23.4 Å². The van der Waals surface area contributed by atoms with E-state index < -0.39 is 0 Å². The van der Waals surface area contributed by atoms with Gasteiger partial charge < -0.3 is 9.72 Å². The van der Waals surface area contributed by atoms with Crippen molar-refractivity contribution in [1.29, 1.82) is 0 Å². The molecule has 0 aliphatic heterocycles. The Hall–Kier alpha value is -2.43. The Morgan fingerprint density at radius 3 is 2.89 bits per heavy atom. The van der Waals surface area contributed by atoms with Gasteiger partial charge in [0.2, 0.25) is 0 Å². The van der Waals surface area contributed by atoms with Crippen molar-refractivity contribution in [2.45, 2.75) is 6.42 Å². The average molecular weight is 240 g/mol. The minimum Gasteiger partial charge on any atom is -0.493 e. The summed E-state index contributed by atoms with van der Waals surface area (Å²) in [5, 5.41) is 0. The number of benzene rings is 1. The van der Waals surface area contributed by atoms with Gasteiger partial charge in [0.15, 0.2) is 5.65 Å². The highest BCUT2D eigenvalue weighted by molar-refractivity contribution is 5.68. The van der Waals surface area contributed by atoms with Crippen LogP contribution in [0.3, 0.4) is 0 Å². The second-order valence-electron chi connectivity index (χ2n) is 3.86. The quantitative estimate of drug-likeness (QED) is 0.757. The fourth-order valence-corrected chi connectivity index (χ4v) is 1.71. The Morgan fingerprint density at radius 2 is 2.06 bits per heavy atom. The van der Waals surface area contributed by atoms with Crippen molar-refractivity contribution in [1.82, 2.24) is 19.9 Å². The molecular weight excluding hydrogens is 228 g/mol. The minimum atomic E-state index is 0.581. The largest absolute Gasteiger partial charge is 0.493 e. The Balaban J connectivity index is 1.63. The molecule has 0 aliphatic carbocycles. The monoisotopic (exact) mass is 240 g/mol. The number of ether oxygens (including phenoxy) is 1. The number of nitrogens with zero attached hydrogens (tertiary/aromatic N) is 3. The lowest BCUT2D eigenvalue weighted by Crippen LogP contribution is -2.02. The highest BCUT2D eigenvalue weighted by atomic mass is 16.5.